The summed E-state index contributed by atoms with van der Waals surface area (Å²) in [6, 6.07) is 6.76. The van der Waals surface area contributed by atoms with Gasteiger partial charge in [0.15, 0.2) is 0 Å². The van der Waals surface area contributed by atoms with Crippen LogP contribution in [0.25, 0.3) is 0 Å². The van der Waals surface area contributed by atoms with E-state index in [1.165, 1.54) is 6.33 Å². The summed E-state index contributed by atoms with van der Waals surface area (Å²) < 4.78 is 26.8. The number of nitrogens with one attached hydrogen (secondary N) is 2. The number of aryl methyl sites for hydroxylation is 2. The fourth-order valence-electron chi connectivity index (χ4n) is 1.84. The third kappa shape index (κ3) is 4.80. The molecule has 1 aromatic carbocycles. The first kappa shape index (κ1) is 15.9. The summed E-state index contributed by atoms with van der Waals surface area (Å²) in [7, 11) is -3.46. The van der Waals surface area contributed by atoms with Gasteiger partial charge in [0.2, 0.25) is 10.0 Å². The first-order valence-electron chi connectivity index (χ1n) is 6.60. The monoisotopic (exact) mass is 328 g/mol. The summed E-state index contributed by atoms with van der Waals surface area (Å²) >= 11 is 5.65. The first-order valence-corrected chi connectivity index (χ1v) is 8.62. The van der Waals surface area contributed by atoms with Gasteiger partial charge in [-0.25, -0.2) is 18.1 Å². The number of rotatable bonds is 8. The summed E-state index contributed by atoms with van der Waals surface area (Å²) in [6.45, 7) is 0.354. The molecule has 2 aromatic rings. The molecule has 0 atom stereocenters. The van der Waals surface area contributed by atoms with E-state index in [4.69, 9.17) is 11.6 Å². The van der Waals surface area contributed by atoms with Gasteiger partial charge >= 0.3 is 0 Å². The van der Waals surface area contributed by atoms with Crippen LogP contribution in [0.5, 0.6) is 0 Å². The third-order valence-electron chi connectivity index (χ3n) is 2.96. The molecule has 114 valence electrons. The average molecular weight is 329 g/mol. The summed E-state index contributed by atoms with van der Waals surface area (Å²) in [4.78, 5) is 4.25. The van der Waals surface area contributed by atoms with Crippen molar-refractivity contribution in [3.05, 3.63) is 42.0 Å². The van der Waals surface area contributed by atoms with Crippen molar-refractivity contribution in [3.8, 4) is 0 Å². The number of benzene rings is 1. The molecule has 0 aliphatic heterocycles. The van der Waals surface area contributed by atoms with E-state index in [1.807, 2.05) is 0 Å². The number of nitrogens with zero attached hydrogens (tertiary/aromatic N) is 2. The molecule has 1 heterocycles. The topological polar surface area (TPSA) is 87.7 Å². The molecule has 0 radical (unpaired) electrons. The van der Waals surface area contributed by atoms with Gasteiger partial charge in [0.1, 0.15) is 12.2 Å². The average Bonchev–Trinajstić information content (AvgIpc) is 2.98. The van der Waals surface area contributed by atoms with E-state index >= 15 is 0 Å². The minimum atomic E-state index is -3.46. The molecule has 0 unspecified atom stereocenters. The van der Waals surface area contributed by atoms with E-state index in [0.29, 0.717) is 25.3 Å². The minimum Gasteiger partial charge on any atom is -0.263 e. The number of alkyl halides is 1. The number of hydrogen-bond donors (Lipinski definition) is 2. The Balaban J connectivity index is 1.85. The number of H-pyrrole nitrogens is 1. The highest BCUT2D eigenvalue weighted by atomic mass is 35.5. The normalized spacial score (nSPS) is 11.7. The summed E-state index contributed by atoms with van der Waals surface area (Å²) in [5.74, 6) is 1.27. The van der Waals surface area contributed by atoms with E-state index in [9.17, 15) is 8.42 Å². The summed E-state index contributed by atoms with van der Waals surface area (Å²) in [5, 5.41) is 6.47. The fourth-order valence-corrected chi connectivity index (χ4v) is 3.13. The highest BCUT2D eigenvalue weighted by molar-refractivity contribution is 7.89. The summed E-state index contributed by atoms with van der Waals surface area (Å²) in [5.41, 5.74) is 1.02. The van der Waals surface area contributed by atoms with Crippen LogP contribution in [-0.4, -0.2) is 36.0 Å². The standard InChI is InChI=1S/C13H17ClN4O2S/c14-8-7-11-3-5-12(6-4-11)21(19,20)17-9-1-2-13-15-10-16-18-13/h3-6,10,17H,1-2,7-9H2,(H,15,16,18). The van der Waals surface area contributed by atoms with E-state index in [-0.39, 0.29) is 4.90 Å². The molecule has 0 fully saturated rings. The predicted molar refractivity (Wildman–Crippen MR) is 80.8 cm³/mol. The Hall–Kier alpha value is -1.44. The number of hydrogen-bond acceptors (Lipinski definition) is 4. The highest BCUT2D eigenvalue weighted by Crippen LogP contribution is 2.11. The predicted octanol–water partition coefficient (Wildman–Crippen LogP) is 1.50. The molecule has 6 nitrogen and oxygen atoms in total. The maximum absolute atomic E-state index is 12.1. The van der Waals surface area contributed by atoms with Crippen LogP contribution in [-0.2, 0) is 22.9 Å². The van der Waals surface area contributed by atoms with Gasteiger partial charge in [0.25, 0.3) is 0 Å². The maximum Gasteiger partial charge on any atom is 0.240 e. The largest absolute Gasteiger partial charge is 0.263 e. The van der Waals surface area contributed by atoms with Crippen molar-refractivity contribution in [1.29, 1.82) is 0 Å². The number of aromatic nitrogens is 3. The minimum absolute atomic E-state index is 0.264. The van der Waals surface area contributed by atoms with Crippen molar-refractivity contribution in [2.75, 3.05) is 12.4 Å². The van der Waals surface area contributed by atoms with E-state index in [1.54, 1.807) is 24.3 Å². The summed E-state index contributed by atoms with van der Waals surface area (Å²) in [6.07, 6.45) is 3.46. The van der Waals surface area contributed by atoms with Crippen molar-refractivity contribution in [2.45, 2.75) is 24.2 Å². The fraction of sp³-hybridized carbons (Fsp3) is 0.385. The molecule has 0 bridgehead atoms. The molecular weight excluding hydrogens is 312 g/mol. The second-order valence-electron chi connectivity index (χ2n) is 4.52. The molecule has 0 aliphatic carbocycles. The Morgan fingerprint density at radius 1 is 1.19 bits per heavy atom. The molecule has 0 spiro atoms. The lowest BCUT2D eigenvalue weighted by Crippen LogP contribution is -2.25. The van der Waals surface area contributed by atoms with Crippen LogP contribution in [0.2, 0.25) is 0 Å². The molecular formula is C13H17ClN4O2S. The molecule has 0 saturated carbocycles. The van der Waals surface area contributed by atoms with Gasteiger partial charge in [-0.2, -0.15) is 5.10 Å². The zero-order valence-electron chi connectivity index (χ0n) is 11.4. The van der Waals surface area contributed by atoms with Gasteiger partial charge in [-0.15, -0.1) is 11.6 Å². The molecule has 2 rings (SSSR count). The van der Waals surface area contributed by atoms with Crippen LogP contribution in [0, 0.1) is 0 Å². The Kier molecular flexibility index (Phi) is 5.72. The number of aromatic amines is 1. The van der Waals surface area contributed by atoms with E-state index < -0.39 is 10.0 Å². The third-order valence-corrected chi connectivity index (χ3v) is 4.63. The van der Waals surface area contributed by atoms with Gasteiger partial charge < -0.3 is 0 Å². The quantitative estimate of drug-likeness (QED) is 0.568. The molecule has 0 saturated heterocycles. The van der Waals surface area contributed by atoms with Crippen LogP contribution in [0.15, 0.2) is 35.5 Å². The van der Waals surface area contributed by atoms with E-state index in [2.05, 4.69) is 19.9 Å². The van der Waals surface area contributed by atoms with Crippen LogP contribution in [0.3, 0.4) is 0 Å². The van der Waals surface area contributed by atoms with Crippen molar-refractivity contribution < 1.29 is 8.42 Å². The van der Waals surface area contributed by atoms with Gasteiger partial charge in [0, 0.05) is 18.8 Å². The SMILES string of the molecule is O=S(=O)(NCCCc1ncn[nH]1)c1ccc(CCCl)cc1. The lowest BCUT2D eigenvalue weighted by Gasteiger charge is -2.07. The molecule has 0 aliphatic rings. The van der Waals surface area contributed by atoms with Crippen molar-refractivity contribution >= 4 is 21.6 Å². The zero-order valence-corrected chi connectivity index (χ0v) is 13.0. The van der Waals surface area contributed by atoms with Gasteiger partial charge in [-0.3, -0.25) is 5.10 Å². The van der Waals surface area contributed by atoms with Gasteiger partial charge in [-0.05, 0) is 30.5 Å². The first-order chi connectivity index (χ1) is 10.1. The lowest BCUT2D eigenvalue weighted by molar-refractivity contribution is 0.578. The molecule has 0 amide bonds. The Bertz CT molecular complexity index is 641. The second kappa shape index (κ2) is 7.53. The van der Waals surface area contributed by atoms with Gasteiger partial charge in [0.05, 0.1) is 4.90 Å². The molecule has 2 N–H and O–H groups in total. The molecule has 21 heavy (non-hydrogen) atoms. The van der Waals surface area contributed by atoms with Crippen molar-refractivity contribution in [2.24, 2.45) is 0 Å². The van der Waals surface area contributed by atoms with Crippen LogP contribution >= 0.6 is 11.6 Å². The van der Waals surface area contributed by atoms with Crippen LogP contribution < -0.4 is 4.72 Å². The lowest BCUT2D eigenvalue weighted by atomic mass is 10.2. The molecule has 8 heteroatoms. The van der Waals surface area contributed by atoms with Crippen molar-refractivity contribution in [3.63, 3.8) is 0 Å². The Labute approximate surface area is 129 Å². The van der Waals surface area contributed by atoms with Crippen LogP contribution in [0.4, 0.5) is 0 Å². The second-order valence-corrected chi connectivity index (χ2v) is 6.66. The van der Waals surface area contributed by atoms with E-state index in [0.717, 1.165) is 17.8 Å². The van der Waals surface area contributed by atoms with Gasteiger partial charge in [-0.1, -0.05) is 12.1 Å². The van der Waals surface area contributed by atoms with Crippen LogP contribution in [0.1, 0.15) is 17.8 Å². The van der Waals surface area contributed by atoms with Crippen molar-refractivity contribution in [1.82, 2.24) is 19.9 Å². The molecule has 1 aromatic heterocycles. The Morgan fingerprint density at radius 3 is 2.57 bits per heavy atom. The Morgan fingerprint density at radius 2 is 1.95 bits per heavy atom. The maximum atomic E-state index is 12.1. The number of halogens is 1. The smallest absolute Gasteiger partial charge is 0.240 e. The zero-order chi connectivity index (χ0) is 15.1. The highest BCUT2D eigenvalue weighted by Gasteiger charge is 2.12. The number of sulfonamides is 1.